The fourth-order valence-corrected chi connectivity index (χ4v) is 2.31. The summed E-state index contributed by atoms with van der Waals surface area (Å²) < 4.78 is 11.6. The molecule has 106 valence electrons. The van der Waals surface area contributed by atoms with Gasteiger partial charge in [0, 0.05) is 12.4 Å². The average molecular weight is 330 g/mol. The van der Waals surface area contributed by atoms with E-state index in [1.54, 1.807) is 12.1 Å². The predicted molar refractivity (Wildman–Crippen MR) is 74.4 cm³/mol. The van der Waals surface area contributed by atoms with Crippen molar-refractivity contribution < 1.29 is 19.4 Å². The summed E-state index contributed by atoms with van der Waals surface area (Å²) >= 11 is 3.38. The van der Waals surface area contributed by atoms with Crippen LogP contribution in [0.3, 0.4) is 0 Å². The summed E-state index contributed by atoms with van der Waals surface area (Å²) in [4.78, 5) is 10.6. The summed E-state index contributed by atoms with van der Waals surface area (Å²) in [6.07, 6.45) is 3.08. The number of unbranched alkanes of at least 4 members (excludes halogenated alkanes) is 2. The molecule has 0 aliphatic heterocycles. The number of carbonyl (C=O) groups is 1. The highest BCUT2D eigenvalue weighted by atomic mass is 79.9. The van der Waals surface area contributed by atoms with E-state index in [0.29, 0.717) is 28.1 Å². The zero-order valence-electron chi connectivity index (χ0n) is 11.2. The summed E-state index contributed by atoms with van der Waals surface area (Å²) in [5, 5.41) is 10.6. The van der Waals surface area contributed by atoms with Gasteiger partial charge in [-0.05, 0) is 40.0 Å². The van der Waals surface area contributed by atoms with Crippen LogP contribution >= 0.6 is 15.9 Å². The first-order valence-electron chi connectivity index (χ1n) is 6.27. The van der Waals surface area contributed by atoms with Crippen molar-refractivity contribution >= 4 is 21.9 Å². The molecule has 0 heterocycles. The van der Waals surface area contributed by atoms with Crippen LogP contribution in [-0.4, -0.2) is 19.7 Å². The van der Waals surface area contributed by atoms with Crippen molar-refractivity contribution in [3.8, 4) is 11.5 Å². The van der Waals surface area contributed by atoms with Crippen LogP contribution in [0, 0.1) is 0 Å². The molecule has 5 heteroatoms. The highest BCUT2D eigenvalue weighted by molar-refractivity contribution is 9.10. The number of aliphatic carboxylic acids is 1. The van der Waals surface area contributed by atoms with E-state index in [1.807, 2.05) is 0 Å². The van der Waals surface area contributed by atoms with Crippen LogP contribution in [-0.2, 0) is 11.2 Å². The SMILES string of the molecule is CCCCCOc1c(Br)cc(CC(=O)[O-])cc1OC. The number of carbonyl (C=O) groups excluding carboxylic acids is 1. The Kier molecular flexibility index (Phi) is 6.70. The molecule has 0 bridgehead atoms. The number of benzene rings is 1. The quantitative estimate of drug-likeness (QED) is 0.687. The van der Waals surface area contributed by atoms with Crippen molar-refractivity contribution in [3.63, 3.8) is 0 Å². The lowest BCUT2D eigenvalue weighted by Gasteiger charge is -2.14. The molecule has 0 N–H and O–H groups in total. The molecule has 1 aromatic carbocycles. The summed E-state index contributed by atoms with van der Waals surface area (Å²) in [6.45, 7) is 2.74. The first kappa shape index (κ1) is 15.8. The maximum atomic E-state index is 10.6. The fourth-order valence-electron chi connectivity index (χ4n) is 1.71. The van der Waals surface area contributed by atoms with Crippen molar-refractivity contribution in [3.05, 3.63) is 22.2 Å². The minimum Gasteiger partial charge on any atom is -0.550 e. The second-order valence-corrected chi connectivity index (χ2v) is 5.07. The van der Waals surface area contributed by atoms with E-state index in [-0.39, 0.29) is 6.42 Å². The van der Waals surface area contributed by atoms with Gasteiger partial charge in [0.15, 0.2) is 11.5 Å². The molecule has 0 saturated heterocycles. The standard InChI is InChI=1S/C14H19BrO4/c1-3-4-5-6-19-14-11(15)7-10(9-13(16)17)8-12(14)18-2/h7-8H,3-6,9H2,1-2H3,(H,16,17)/p-1. The molecule has 4 nitrogen and oxygen atoms in total. The van der Waals surface area contributed by atoms with Gasteiger partial charge in [-0.1, -0.05) is 19.8 Å². The van der Waals surface area contributed by atoms with E-state index in [0.717, 1.165) is 19.3 Å². The van der Waals surface area contributed by atoms with E-state index < -0.39 is 5.97 Å². The number of hydrogen-bond acceptors (Lipinski definition) is 4. The summed E-state index contributed by atoms with van der Waals surface area (Å²) in [5.74, 6) is 0.0217. The molecule has 0 radical (unpaired) electrons. The van der Waals surface area contributed by atoms with Gasteiger partial charge in [-0.3, -0.25) is 0 Å². The molecule has 19 heavy (non-hydrogen) atoms. The van der Waals surface area contributed by atoms with Gasteiger partial charge in [-0.25, -0.2) is 0 Å². The average Bonchev–Trinajstić information content (AvgIpc) is 2.35. The smallest absolute Gasteiger partial charge is 0.175 e. The Hall–Kier alpha value is -1.23. The molecule has 0 spiro atoms. The maximum Gasteiger partial charge on any atom is 0.175 e. The topological polar surface area (TPSA) is 58.6 Å². The van der Waals surface area contributed by atoms with Gasteiger partial charge in [0.05, 0.1) is 18.2 Å². The van der Waals surface area contributed by atoms with Crippen LogP contribution in [0.2, 0.25) is 0 Å². The Balaban J connectivity index is 2.82. The largest absolute Gasteiger partial charge is 0.550 e. The molecule has 1 rings (SSSR count). The second kappa shape index (κ2) is 8.04. The van der Waals surface area contributed by atoms with Gasteiger partial charge < -0.3 is 19.4 Å². The molecule has 0 saturated carbocycles. The Morgan fingerprint density at radius 2 is 2.11 bits per heavy atom. The van der Waals surface area contributed by atoms with Gasteiger partial charge in [-0.2, -0.15) is 0 Å². The second-order valence-electron chi connectivity index (χ2n) is 4.21. The van der Waals surface area contributed by atoms with Crippen molar-refractivity contribution in [2.24, 2.45) is 0 Å². The van der Waals surface area contributed by atoms with Crippen LogP contribution in [0.15, 0.2) is 16.6 Å². The Morgan fingerprint density at radius 1 is 1.37 bits per heavy atom. The first-order chi connectivity index (χ1) is 9.08. The molecule has 0 aliphatic carbocycles. The van der Waals surface area contributed by atoms with Gasteiger partial charge in [-0.15, -0.1) is 0 Å². The van der Waals surface area contributed by atoms with Crippen molar-refractivity contribution in [1.29, 1.82) is 0 Å². The number of ether oxygens (including phenoxy) is 2. The van der Waals surface area contributed by atoms with Crippen LogP contribution in [0.4, 0.5) is 0 Å². The van der Waals surface area contributed by atoms with E-state index in [1.165, 1.54) is 7.11 Å². The predicted octanol–water partition coefficient (Wildman–Crippen LogP) is 2.32. The molecule has 0 aromatic heterocycles. The Labute approximate surface area is 121 Å². The first-order valence-corrected chi connectivity index (χ1v) is 7.06. The van der Waals surface area contributed by atoms with Crippen LogP contribution in [0.5, 0.6) is 11.5 Å². The molecule has 0 aliphatic rings. The number of carboxylic acid groups (broad SMARTS) is 1. The monoisotopic (exact) mass is 329 g/mol. The van der Waals surface area contributed by atoms with Gasteiger partial charge in [0.25, 0.3) is 0 Å². The zero-order valence-corrected chi connectivity index (χ0v) is 12.8. The van der Waals surface area contributed by atoms with Crippen molar-refractivity contribution in [1.82, 2.24) is 0 Å². The number of carboxylic acids is 1. The minimum absolute atomic E-state index is 0.148. The third kappa shape index (κ3) is 5.11. The Morgan fingerprint density at radius 3 is 2.68 bits per heavy atom. The van der Waals surface area contributed by atoms with Gasteiger partial charge >= 0.3 is 0 Å². The van der Waals surface area contributed by atoms with Crippen LogP contribution in [0.1, 0.15) is 31.7 Å². The number of hydrogen-bond donors (Lipinski definition) is 0. The lowest BCUT2D eigenvalue weighted by atomic mass is 10.1. The van der Waals surface area contributed by atoms with E-state index in [4.69, 9.17) is 9.47 Å². The van der Waals surface area contributed by atoms with Crippen LogP contribution < -0.4 is 14.6 Å². The highest BCUT2D eigenvalue weighted by Gasteiger charge is 2.11. The lowest BCUT2D eigenvalue weighted by Crippen LogP contribution is -2.24. The third-order valence-electron chi connectivity index (χ3n) is 2.63. The fraction of sp³-hybridized carbons (Fsp3) is 0.500. The van der Waals surface area contributed by atoms with E-state index >= 15 is 0 Å². The van der Waals surface area contributed by atoms with Gasteiger partial charge in [0.2, 0.25) is 0 Å². The highest BCUT2D eigenvalue weighted by Crippen LogP contribution is 2.36. The molecule has 0 unspecified atom stereocenters. The number of rotatable bonds is 8. The lowest BCUT2D eigenvalue weighted by molar-refractivity contribution is -0.304. The molecule has 1 aromatic rings. The van der Waals surface area contributed by atoms with E-state index in [2.05, 4.69) is 22.9 Å². The van der Waals surface area contributed by atoms with E-state index in [9.17, 15) is 9.90 Å². The van der Waals surface area contributed by atoms with Crippen LogP contribution in [0.25, 0.3) is 0 Å². The maximum absolute atomic E-state index is 10.6. The number of halogens is 1. The minimum atomic E-state index is -1.12. The normalized spacial score (nSPS) is 10.3. The number of methoxy groups -OCH3 is 1. The summed E-state index contributed by atoms with van der Waals surface area (Å²) in [5.41, 5.74) is 0.615. The molecular weight excluding hydrogens is 312 g/mol. The van der Waals surface area contributed by atoms with Gasteiger partial charge in [0.1, 0.15) is 0 Å². The van der Waals surface area contributed by atoms with Crippen molar-refractivity contribution in [2.75, 3.05) is 13.7 Å². The molecule has 0 amide bonds. The third-order valence-corrected chi connectivity index (χ3v) is 3.22. The van der Waals surface area contributed by atoms with Crippen molar-refractivity contribution in [2.45, 2.75) is 32.6 Å². The zero-order chi connectivity index (χ0) is 14.3. The Bertz CT molecular complexity index is 432. The molecule has 0 fully saturated rings. The molecule has 0 atom stereocenters. The summed E-state index contributed by atoms with van der Waals surface area (Å²) in [7, 11) is 1.53. The molecular formula is C14H18BrO4-. The summed E-state index contributed by atoms with van der Waals surface area (Å²) in [6, 6.07) is 3.38.